The molecule has 2 fully saturated rings. The second-order valence-electron chi connectivity index (χ2n) is 12.5. The zero-order chi connectivity index (χ0) is 27.5. The Morgan fingerprint density at radius 1 is 1.08 bits per heavy atom. The molecule has 1 aromatic rings. The lowest BCUT2D eigenvalue weighted by atomic mass is 9.46. The van der Waals surface area contributed by atoms with E-state index >= 15 is 0 Å². The second-order valence-corrected chi connectivity index (χ2v) is 12.5. The van der Waals surface area contributed by atoms with Gasteiger partial charge >= 0.3 is 11.9 Å². The number of nitrogens with one attached hydrogen (secondary N) is 2. The van der Waals surface area contributed by atoms with Crippen molar-refractivity contribution in [3.63, 3.8) is 0 Å². The van der Waals surface area contributed by atoms with Crippen LogP contribution in [0.25, 0.3) is 5.57 Å². The predicted octanol–water partition coefficient (Wildman–Crippen LogP) is 5.24. The molecule has 0 aliphatic heterocycles. The molecule has 1 heterocycles. The molecule has 2 N–H and O–H groups in total. The highest BCUT2D eigenvalue weighted by molar-refractivity contribution is 5.77. The van der Waals surface area contributed by atoms with Crippen LogP contribution in [0.2, 0.25) is 0 Å². The van der Waals surface area contributed by atoms with E-state index in [9.17, 15) is 9.59 Å². The maximum Gasteiger partial charge on any atom is 0.325 e. The van der Waals surface area contributed by atoms with Crippen molar-refractivity contribution < 1.29 is 19.2 Å². The number of carbonyl (C=O) groups is 2. The van der Waals surface area contributed by atoms with Gasteiger partial charge in [-0.3, -0.25) is 14.6 Å². The lowest BCUT2D eigenvalue weighted by Crippen LogP contribution is -2.50. The topological polar surface area (TPSA) is 89.5 Å². The number of rotatable bonds is 10. The van der Waals surface area contributed by atoms with Gasteiger partial charge in [0.2, 0.25) is 0 Å². The van der Waals surface area contributed by atoms with Crippen LogP contribution >= 0.6 is 0 Å². The SMILES string of the molecule is CNCCOC(=O)CCC(=O)ONCC1C=C2CC[C@H]3[C@H](CC[C@]4(C)C(c5cccnc5)=CC[C@@H]34)[C@@]2(C)CC1. The summed E-state index contributed by atoms with van der Waals surface area (Å²) in [5.74, 6) is 1.82. The van der Waals surface area contributed by atoms with Gasteiger partial charge in [0.05, 0.1) is 12.8 Å². The summed E-state index contributed by atoms with van der Waals surface area (Å²) in [5.41, 5.74) is 7.88. The minimum Gasteiger partial charge on any atom is -0.464 e. The van der Waals surface area contributed by atoms with Crippen molar-refractivity contribution in [3.05, 3.63) is 47.8 Å². The standard InChI is InChI=1S/C32H45N3O4/c1-31-14-12-22(20-35-39-30(37)11-10-29(36)38-18-17-33-3)19-24(31)6-7-25-27-9-8-26(23-5-4-16-34-21-23)32(27,2)15-13-28(25)31/h4-5,8,16,19,21-22,25,27-28,33,35H,6-7,9-15,17-18,20H2,1-3H3/t22?,25-,27+,28+,31+,32-/m1/s1. The molecule has 212 valence electrons. The lowest BCUT2D eigenvalue weighted by Gasteiger charge is -2.58. The van der Waals surface area contributed by atoms with Crippen LogP contribution in [-0.4, -0.2) is 43.7 Å². The third-order valence-corrected chi connectivity index (χ3v) is 10.4. The van der Waals surface area contributed by atoms with Gasteiger partial charge in [0.25, 0.3) is 0 Å². The van der Waals surface area contributed by atoms with Crippen LogP contribution in [0.1, 0.15) is 77.2 Å². The number of carbonyl (C=O) groups excluding carboxylic acids is 2. The van der Waals surface area contributed by atoms with Crippen LogP contribution in [0.5, 0.6) is 0 Å². The van der Waals surface area contributed by atoms with Gasteiger partial charge in [-0.15, -0.1) is 0 Å². The van der Waals surface area contributed by atoms with E-state index in [0.717, 1.165) is 24.2 Å². The normalized spacial score (nSPS) is 33.2. The summed E-state index contributed by atoms with van der Waals surface area (Å²) >= 11 is 0. The highest BCUT2D eigenvalue weighted by Gasteiger charge is 2.57. The number of allylic oxidation sites excluding steroid dienone is 3. The Bertz CT molecular complexity index is 1100. The van der Waals surface area contributed by atoms with Crippen molar-refractivity contribution in [2.45, 2.75) is 71.6 Å². The van der Waals surface area contributed by atoms with E-state index in [1.165, 1.54) is 49.7 Å². The van der Waals surface area contributed by atoms with Gasteiger partial charge in [0, 0.05) is 25.5 Å². The van der Waals surface area contributed by atoms with E-state index in [0.29, 0.717) is 25.6 Å². The smallest absolute Gasteiger partial charge is 0.325 e. The van der Waals surface area contributed by atoms with Crippen LogP contribution in [0.4, 0.5) is 0 Å². The van der Waals surface area contributed by atoms with Crippen molar-refractivity contribution in [2.24, 2.45) is 34.5 Å². The molecule has 7 heteroatoms. The Morgan fingerprint density at radius 3 is 2.69 bits per heavy atom. The number of fused-ring (bicyclic) bond motifs is 5. The van der Waals surface area contributed by atoms with Crippen LogP contribution in [-0.2, 0) is 19.2 Å². The van der Waals surface area contributed by atoms with E-state index in [1.807, 2.05) is 12.4 Å². The van der Waals surface area contributed by atoms with Gasteiger partial charge in [-0.25, -0.2) is 0 Å². The van der Waals surface area contributed by atoms with Crippen molar-refractivity contribution in [2.75, 3.05) is 26.7 Å². The minimum absolute atomic E-state index is 0.0235. The number of hydrogen-bond donors (Lipinski definition) is 2. The fraction of sp³-hybridized carbons (Fsp3) is 0.656. The first-order chi connectivity index (χ1) is 18.8. The lowest BCUT2D eigenvalue weighted by molar-refractivity contribution is -0.155. The summed E-state index contributed by atoms with van der Waals surface area (Å²) < 4.78 is 5.04. The van der Waals surface area contributed by atoms with Crippen molar-refractivity contribution in [1.29, 1.82) is 0 Å². The van der Waals surface area contributed by atoms with Crippen LogP contribution < -0.4 is 10.8 Å². The first-order valence-electron chi connectivity index (χ1n) is 14.9. The van der Waals surface area contributed by atoms with Gasteiger partial charge in [-0.1, -0.05) is 37.6 Å². The molecular formula is C32H45N3O4. The van der Waals surface area contributed by atoms with Gasteiger partial charge in [-0.05, 0) is 104 Å². The van der Waals surface area contributed by atoms with Gasteiger partial charge in [0.15, 0.2) is 0 Å². The highest BCUT2D eigenvalue weighted by atomic mass is 16.7. The third kappa shape index (κ3) is 5.71. The second kappa shape index (κ2) is 11.9. The molecule has 0 amide bonds. The fourth-order valence-electron chi connectivity index (χ4n) is 8.32. The molecule has 39 heavy (non-hydrogen) atoms. The molecule has 0 spiro atoms. The Morgan fingerprint density at radius 2 is 1.90 bits per heavy atom. The molecule has 0 radical (unpaired) electrons. The number of nitrogens with zero attached hydrogens (tertiary/aromatic N) is 1. The third-order valence-electron chi connectivity index (χ3n) is 10.4. The largest absolute Gasteiger partial charge is 0.464 e. The highest BCUT2D eigenvalue weighted by Crippen LogP contribution is 2.66. The summed E-state index contributed by atoms with van der Waals surface area (Å²) in [4.78, 5) is 33.4. The number of aromatic nitrogens is 1. The van der Waals surface area contributed by atoms with E-state index in [1.54, 1.807) is 12.6 Å². The Labute approximate surface area is 233 Å². The number of ether oxygens (including phenoxy) is 1. The molecule has 7 nitrogen and oxygen atoms in total. The molecule has 0 saturated heterocycles. The molecule has 2 saturated carbocycles. The monoisotopic (exact) mass is 535 g/mol. The maximum absolute atomic E-state index is 12.1. The summed E-state index contributed by atoms with van der Waals surface area (Å²) in [6.07, 6.45) is 17.5. The summed E-state index contributed by atoms with van der Waals surface area (Å²) in [6, 6.07) is 4.30. The Balaban J connectivity index is 1.13. The molecule has 4 aliphatic rings. The summed E-state index contributed by atoms with van der Waals surface area (Å²) in [6.45, 7) is 6.57. The number of esters is 1. The van der Waals surface area contributed by atoms with E-state index < -0.39 is 5.97 Å². The zero-order valence-electron chi connectivity index (χ0n) is 23.8. The van der Waals surface area contributed by atoms with Gasteiger partial charge in [-0.2, -0.15) is 5.48 Å². The number of hydrogen-bond acceptors (Lipinski definition) is 7. The molecule has 6 atom stereocenters. The quantitative estimate of drug-likeness (QED) is 0.183. The zero-order valence-corrected chi connectivity index (χ0v) is 23.8. The van der Waals surface area contributed by atoms with Crippen molar-refractivity contribution in [1.82, 2.24) is 15.8 Å². The fourth-order valence-corrected chi connectivity index (χ4v) is 8.32. The van der Waals surface area contributed by atoms with E-state index in [-0.39, 0.29) is 29.6 Å². The molecule has 4 aliphatic carbocycles. The predicted molar refractivity (Wildman–Crippen MR) is 151 cm³/mol. The van der Waals surface area contributed by atoms with E-state index in [4.69, 9.17) is 9.57 Å². The van der Waals surface area contributed by atoms with Crippen molar-refractivity contribution >= 4 is 17.5 Å². The first-order valence-corrected chi connectivity index (χ1v) is 14.9. The molecule has 0 bridgehead atoms. The average molecular weight is 536 g/mol. The van der Waals surface area contributed by atoms with Crippen LogP contribution in [0.15, 0.2) is 42.3 Å². The summed E-state index contributed by atoms with van der Waals surface area (Å²) in [5, 5.41) is 2.91. The minimum atomic E-state index is -0.421. The van der Waals surface area contributed by atoms with Crippen LogP contribution in [0, 0.1) is 34.5 Å². The number of hydroxylamine groups is 1. The molecule has 0 aromatic carbocycles. The molecule has 5 rings (SSSR count). The summed E-state index contributed by atoms with van der Waals surface area (Å²) in [7, 11) is 1.79. The average Bonchev–Trinajstić information content (AvgIpc) is 3.30. The Hall–Kier alpha value is -2.51. The van der Waals surface area contributed by atoms with Gasteiger partial charge < -0.3 is 14.9 Å². The van der Waals surface area contributed by atoms with Gasteiger partial charge in [0.1, 0.15) is 6.61 Å². The van der Waals surface area contributed by atoms with Crippen molar-refractivity contribution in [3.8, 4) is 0 Å². The molecule has 1 unspecified atom stereocenters. The maximum atomic E-state index is 12.1. The number of pyridine rings is 1. The van der Waals surface area contributed by atoms with Crippen LogP contribution in [0.3, 0.4) is 0 Å². The Kier molecular flexibility index (Phi) is 8.57. The molecular weight excluding hydrogens is 490 g/mol. The molecule has 1 aromatic heterocycles. The first kappa shape index (κ1) is 28.0. The van der Waals surface area contributed by atoms with E-state index in [2.05, 4.69) is 53.9 Å². The number of likely N-dealkylation sites (N-methyl/N-ethyl adjacent to an activating group) is 1.